The molecule has 0 atom stereocenters. The topological polar surface area (TPSA) is 30.7 Å². The summed E-state index contributed by atoms with van der Waals surface area (Å²) in [6.45, 7) is 6.95. The molecule has 0 saturated heterocycles. The molecule has 7 aromatic carbocycles. The van der Waals surface area contributed by atoms with Crippen molar-refractivity contribution in [1.29, 1.82) is 0 Å². The third-order valence-corrected chi connectivity index (χ3v) is 11.1. The minimum Gasteiger partial charge on any atom is -0.309 e. The molecule has 2 aromatic heterocycles. The molecular formula is C53H47N3. The summed E-state index contributed by atoms with van der Waals surface area (Å²) >= 11 is 0. The maximum Gasteiger partial charge on any atom is 0.160 e. The average molecular weight is 726 g/mol. The number of nitrogens with zero attached hydrogens (tertiary/aromatic N) is 3. The van der Waals surface area contributed by atoms with Crippen LogP contribution in [0.2, 0.25) is 0 Å². The maximum absolute atomic E-state index is 5.57. The SMILES string of the molecule is CCCCCc1c(-c2ccc3c4ccccc4n(-c4ccccc4)c3c2)c(CC(C)C)cc2c(-c3ccccc3)nc(-c3ccc(-c4ccccc4)cc3)nc12. The van der Waals surface area contributed by atoms with E-state index in [1.54, 1.807) is 0 Å². The molecule has 0 aliphatic heterocycles. The smallest absolute Gasteiger partial charge is 0.160 e. The fourth-order valence-electron chi connectivity index (χ4n) is 8.52. The number of para-hydroxylation sites is 2. The van der Waals surface area contributed by atoms with E-state index in [1.165, 1.54) is 67.3 Å². The van der Waals surface area contributed by atoms with Gasteiger partial charge in [-0.1, -0.05) is 167 Å². The van der Waals surface area contributed by atoms with Gasteiger partial charge in [0.05, 0.1) is 22.2 Å². The van der Waals surface area contributed by atoms with Gasteiger partial charge < -0.3 is 4.57 Å². The Balaban J connectivity index is 1.33. The third kappa shape index (κ3) is 6.68. The first-order valence-electron chi connectivity index (χ1n) is 20.2. The Bertz CT molecular complexity index is 2780. The highest BCUT2D eigenvalue weighted by molar-refractivity contribution is 6.10. The van der Waals surface area contributed by atoms with E-state index in [-0.39, 0.29) is 0 Å². The average Bonchev–Trinajstić information content (AvgIpc) is 3.58. The third-order valence-electron chi connectivity index (χ3n) is 11.1. The summed E-state index contributed by atoms with van der Waals surface area (Å²) < 4.78 is 2.43. The molecule has 0 aliphatic carbocycles. The number of hydrogen-bond acceptors (Lipinski definition) is 2. The first-order chi connectivity index (χ1) is 27.6. The fourth-order valence-corrected chi connectivity index (χ4v) is 8.52. The molecule has 274 valence electrons. The van der Waals surface area contributed by atoms with E-state index in [0.717, 1.165) is 59.2 Å². The Morgan fingerprint density at radius 2 is 1.12 bits per heavy atom. The van der Waals surface area contributed by atoms with Gasteiger partial charge in [-0.15, -0.1) is 0 Å². The zero-order valence-electron chi connectivity index (χ0n) is 32.5. The molecule has 56 heavy (non-hydrogen) atoms. The van der Waals surface area contributed by atoms with E-state index in [9.17, 15) is 0 Å². The zero-order valence-corrected chi connectivity index (χ0v) is 32.5. The molecule has 2 heterocycles. The van der Waals surface area contributed by atoms with Gasteiger partial charge in [0.25, 0.3) is 0 Å². The van der Waals surface area contributed by atoms with Gasteiger partial charge in [0.2, 0.25) is 0 Å². The monoisotopic (exact) mass is 725 g/mol. The quantitative estimate of drug-likeness (QED) is 0.124. The number of aryl methyl sites for hydroxylation is 1. The van der Waals surface area contributed by atoms with Crippen molar-refractivity contribution in [2.75, 3.05) is 0 Å². The number of hydrogen-bond donors (Lipinski definition) is 0. The second kappa shape index (κ2) is 15.4. The highest BCUT2D eigenvalue weighted by Crippen LogP contribution is 2.42. The lowest BCUT2D eigenvalue weighted by atomic mass is 9.85. The highest BCUT2D eigenvalue weighted by Gasteiger charge is 2.23. The van der Waals surface area contributed by atoms with Crippen LogP contribution in [0.5, 0.6) is 0 Å². The van der Waals surface area contributed by atoms with Gasteiger partial charge in [-0.3, -0.25) is 0 Å². The normalized spacial score (nSPS) is 11.6. The number of unbranched alkanes of at least 4 members (excludes halogenated alkanes) is 2. The van der Waals surface area contributed by atoms with Crippen LogP contribution in [-0.4, -0.2) is 14.5 Å². The molecule has 0 spiro atoms. The van der Waals surface area contributed by atoms with Crippen LogP contribution in [0, 0.1) is 5.92 Å². The lowest BCUT2D eigenvalue weighted by molar-refractivity contribution is 0.647. The van der Waals surface area contributed by atoms with Gasteiger partial charge in [-0.2, -0.15) is 0 Å². The van der Waals surface area contributed by atoms with Crippen molar-refractivity contribution >= 4 is 32.7 Å². The molecule has 0 N–H and O–H groups in total. The van der Waals surface area contributed by atoms with Gasteiger partial charge >= 0.3 is 0 Å². The van der Waals surface area contributed by atoms with Crippen LogP contribution in [0.1, 0.15) is 51.2 Å². The Hall–Kier alpha value is -6.32. The largest absolute Gasteiger partial charge is 0.309 e. The summed E-state index contributed by atoms with van der Waals surface area (Å²) in [6, 6.07) is 59.2. The van der Waals surface area contributed by atoms with E-state index in [2.05, 4.69) is 189 Å². The van der Waals surface area contributed by atoms with E-state index in [0.29, 0.717) is 5.92 Å². The van der Waals surface area contributed by atoms with Crippen molar-refractivity contribution in [2.45, 2.75) is 52.9 Å². The number of benzene rings is 7. The summed E-state index contributed by atoms with van der Waals surface area (Å²) in [5.41, 5.74) is 15.4. The maximum atomic E-state index is 5.57. The lowest BCUT2D eigenvalue weighted by Crippen LogP contribution is -2.06. The van der Waals surface area contributed by atoms with E-state index in [1.807, 2.05) is 0 Å². The zero-order chi connectivity index (χ0) is 38.0. The summed E-state index contributed by atoms with van der Waals surface area (Å²) in [7, 11) is 0. The van der Waals surface area contributed by atoms with Crippen LogP contribution < -0.4 is 0 Å². The second-order valence-electron chi connectivity index (χ2n) is 15.5. The van der Waals surface area contributed by atoms with Crippen LogP contribution in [0.25, 0.3) is 83.3 Å². The van der Waals surface area contributed by atoms with Crippen LogP contribution in [0.3, 0.4) is 0 Å². The molecule has 0 aliphatic rings. The number of rotatable bonds is 11. The van der Waals surface area contributed by atoms with Crippen LogP contribution >= 0.6 is 0 Å². The van der Waals surface area contributed by atoms with Gasteiger partial charge in [0, 0.05) is 33.0 Å². The van der Waals surface area contributed by atoms with Crippen molar-refractivity contribution in [2.24, 2.45) is 5.92 Å². The molecule has 0 radical (unpaired) electrons. The predicted octanol–water partition coefficient (Wildman–Crippen LogP) is 14.3. The van der Waals surface area contributed by atoms with Gasteiger partial charge in [0.15, 0.2) is 5.82 Å². The van der Waals surface area contributed by atoms with Crippen molar-refractivity contribution in [1.82, 2.24) is 14.5 Å². The molecule has 9 aromatic rings. The standard InChI is InChI=1S/C53H47N3/c1-4-5-9-25-46-50(41-31-32-45-44-24-16-17-26-48(44)56(49(45)35-41)43-22-14-8-15-23-43)42(33-36(2)3)34-47-51(39-20-12-7-13-21-39)54-53(55-52(46)47)40-29-27-38(28-30-40)37-18-10-6-11-19-37/h6-8,10-24,26-32,34-36H,4-5,9,25,33H2,1-3H3. The number of aromatic nitrogens is 3. The predicted molar refractivity (Wildman–Crippen MR) is 237 cm³/mol. The molecule has 0 saturated carbocycles. The van der Waals surface area contributed by atoms with Crippen molar-refractivity contribution in [3.8, 4) is 50.6 Å². The fraction of sp³-hybridized carbons (Fsp3) is 0.170. The van der Waals surface area contributed by atoms with Crippen LogP contribution in [0.15, 0.2) is 164 Å². The summed E-state index contributed by atoms with van der Waals surface area (Å²) in [5.74, 6) is 1.23. The van der Waals surface area contributed by atoms with E-state index in [4.69, 9.17) is 9.97 Å². The van der Waals surface area contributed by atoms with Crippen LogP contribution in [-0.2, 0) is 12.8 Å². The molecule has 9 rings (SSSR count). The Morgan fingerprint density at radius 3 is 1.84 bits per heavy atom. The molecule has 0 amide bonds. The van der Waals surface area contributed by atoms with Crippen molar-refractivity contribution < 1.29 is 0 Å². The highest BCUT2D eigenvalue weighted by atomic mass is 15.0. The van der Waals surface area contributed by atoms with Gasteiger partial charge in [-0.05, 0) is 88.9 Å². The van der Waals surface area contributed by atoms with Gasteiger partial charge in [0.1, 0.15) is 0 Å². The van der Waals surface area contributed by atoms with Gasteiger partial charge in [-0.25, -0.2) is 9.97 Å². The minimum atomic E-state index is 0.470. The number of fused-ring (bicyclic) bond motifs is 4. The minimum absolute atomic E-state index is 0.470. The summed E-state index contributed by atoms with van der Waals surface area (Å²) in [5, 5.41) is 3.67. The Morgan fingerprint density at radius 1 is 0.518 bits per heavy atom. The Kier molecular flexibility index (Phi) is 9.75. The van der Waals surface area contributed by atoms with E-state index >= 15 is 0 Å². The molecule has 0 bridgehead atoms. The van der Waals surface area contributed by atoms with E-state index < -0.39 is 0 Å². The molecule has 3 nitrogen and oxygen atoms in total. The van der Waals surface area contributed by atoms with Crippen molar-refractivity contribution in [3.05, 3.63) is 175 Å². The molecule has 0 unspecified atom stereocenters. The first kappa shape index (κ1) is 35.4. The molecule has 0 fully saturated rings. The van der Waals surface area contributed by atoms with Crippen molar-refractivity contribution in [3.63, 3.8) is 0 Å². The van der Waals surface area contributed by atoms with Crippen LogP contribution in [0.4, 0.5) is 0 Å². The molecule has 3 heteroatoms. The first-order valence-corrected chi connectivity index (χ1v) is 20.2. The summed E-state index contributed by atoms with van der Waals surface area (Å²) in [4.78, 5) is 11.0. The second-order valence-corrected chi connectivity index (χ2v) is 15.5. The Labute approximate surface area is 330 Å². The lowest BCUT2D eigenvalue weighted by Gasteiger charge is -2.22. The summed E-state index contributed by atoms with van der Waals surface area (Å²) in [6.07, 6.45) is 5.33. The molecular weight excluding hydrogens is 679 g/mol.